The molecule has 0 aromatic carbocycles. The van der Waals surface area contributed by atoms with E-state index in [1.165, 1.54) is 28.1 Å². The fourth-order valence-corrected chi connectivity index (χ4v) is 1.92. The summed E-state index contributed by atoms with van der Waals surface area (Å²) in [6.07, 6.45) is -3.10. The highest BCUT2D eigenvalue weighted by atomic mass is 16.7. The maximum atomic E-state index is 11.2. The molecule has 1 fully saturated rings. The van der Waals surface area contributed by atoms with Crippen LogP contribution in [0.3, 0.4) is 0 Å². The van der Waals surface area contributed by atoms with Crippen molar-refractivity contribution in [2.24, 2.45) is 0 Å². The van der Waals surface area contributed by atoms with Crippen molar-refractivity contribution in [2.75, 3.05) is 27.6 Å². The molecule has 20 heavy (non-hydrogen) atoms. The molecule has 8 heteroatoms. The first-order chi connectivity index (χ1) is 9.49. The lowest BCUT2D eigenvalue weighted by molar-refractivity contribution is -0.291. The Labute approximate surface area is 117 Å². The van der Waals surface area contributed by atoms with Crippen molar-refractivity contribution in [2.45, 2.75) is 38.4 Å². The van der Waals surface area contributed by atoms with Crippen molar-refractivity contribution in [3.05, 3.63) is 0 Å². The van der Waals surface area contributed by atoms with Crippen LogP contribution < -0.4 is 0 Å². The van der Waals surface area contributed by atoms with E-state index < -0.39 is 36.5 Å². The Kier molecular flexibility index (Phi) is 6.86. The summed E-state index contributed by atoms with van der Waals surface area (Å²) in [5.74, 6) is -1.02. The fourth-order valence-electron chi connectivity index (χ4n) is 1.92. The van der Waals surface area contributed by atoms with Gasteiger partial charge in [-0.2, -0.15) is 0 Å². The molecule has 1 saturated heterocycles. The van der Waals surface area contributed by atoms with Crippen molar-refractivity contribution >= 4 is 11.9 Å². The number of ether oxygens (including phenoxy) is 6. The zero-order valence-corrected chi connectivity index (χ0v) is 12.0. The summed E-state index contributed by atoms with van der Waals surface area (Å²) in [7, 11) is 2.89. The minimum atomic E-state index is -0.828. The summed E-state index contributed by atoms with van der Waals surface area (Å²) in [5, 5.41) is 0. The molecule has 0 bridgehead atoms. The quantitative estimate of drug-likeness (QED) is 0.493. The van der Waals surface area contributed by atoms with Gasteiger partial charge in [0.05, 0.1) is 6.61 Å². The van der Waals surface area contributed by atoms with Gasteiger partial charge >= 0.3 is 11.9 Å². The molecule has 1 aliphatic heterocycles. The zero-order valence-electron chi connectivity index (χ0n) is 12.0. The van der Waals surface area contributed by atoms with Gasteiger partial charge in [0.1, 0.15) is 6.79 Å². The van der Waals surface area contributed by atoms with Gasteiger partial charge in [0.25, 0.3) is 0 Å². The maximum absolute atomic E-state index is 11.2. The second kappa shape index (κ2) is 8.15. The molecule has 4 atom stereocenters. The number of carbonyl (C=O) groups excluding carboxylic acids is 2. The van der Waals surface area contributed by atoms with Crippen molar-refractivity contribution in [1.29, 1.82) is 0 Å². The largest absolute Gasteiger partial charge is 0.456 e. The molecule has 0 aromatic heterocycles. The normalized spacial score (nSPS) is 29.8. The van der Waals surface area contributed by atoms with Gasteiger partial charge in [-0.05, 0) is 0 Å². The molecule has 1 aliphatic rings. The summed E-state index contributed by atoms with van der Waals surface area (Å²) in [6.45, 7) is 2.52. The second-order valence-corrected chi connectivity index (χ2v) is 4.20. The van der Waals surface area contributed by atoms with Gasteiger partial charge in [-0.3, -0.25) is 9.59 Å². The van der Waals surface area contributed by atoms with E-state index in [1.54, 1.807) is 0 Å². The molecule has 116 valence electrons. The smallest absolute Gasteiger partial charge is 0.303 e. The van der Waals surface area contributed by atoms with E-state index in [9.17, 15) is 9.59 Å². The highest BCUT2D eigenvalue weighted by Crippen LogP contribution is 2.24. The predicted octanol–water partition coefficient (Wildman–Crippen LogP) is -0.158. The summed E-state index contributed by atoms with van der Waals surface area (Å²) < 4.78 is 31.0. The Morgan fingerprint density at radius 2 is 1.75 bits per heavy atom. The molecule has 0 N–H and O–H groups in total. The SMILES string of the molecule is COCO[C@H]1[C@H](OC)OC[C@@H](OC(C)=O)[C@@H]1OC(C)=O. The second-order valence-electron chi connectivity index (χ2n) is 4.20. The van der Waals surface area contributed by atoms with E-state index in [2.05, 4.69) is 0 Å². The van der Waals surface area contributed by atoms with Crippen molar-refractivity contribution in [1.82, 2.24) is 0 Å². The van der Waals surface area contributed by atoms with Gasteiger partial charge in [0.2, 0.25) is 0 Å². The topological polar surface area (TPSA) is 89.5 Å². The van der Waals surface area contributed by atoms with E-state index in [-0.39, 0.29) is 13.4 Å². The number of hydrogen-bond acceptors (Lipinski definition) is 8. The Balaban J connectivity index is 2.86. The van der Waals surface area contributed by atoms with Gasteiger partial charge in [-0.1, -0.05) is 0 Å². The minimum absolute atomic E-state index is 0.0432. The first kappa shape index (κ1) is 16.8. The van der Waals surface area contributed by atoms with Crippen LogP contribution in [0, 0.1) is 0 Å². The third-order valence-corrected chi connectivity index (χ3v) is 2.61. The molecule has 0 amide bonds. The summed E-state index contributed by atoms with van der Waals surface area (Å²) in [5.41, 5.74) is 0. The Morgan fingerprint density at radius 3 is 2.25 bits per heavy atom. The van der Waals surface area contributed by atoms with Gasteiger partial charge in [0.15, 0.2) is 24.6 Å². The molecule has 0 spiro atoms. The van der Waals surface area contributed by atoms with Crippen LogP contribution in [0.1, 0.15) is 13.8 Å². The molecular formula is C12H20O8. The number of methoxy groups -OCH3 is 2. The average molecular weight is 292 g/mol. The van der Waals surface area contributed by atoms with E-state index in [0.29, 0.717) is 0 Å². The number of rotatable bonds is 6. The lowest BCUT2D eigenvalue weighted by Gasteiger charge is -2.40. The third-order valence-electron chi connectivity index (χ3n) is 2.61. The Bertz CT molecular complexity index is 331. The lowest BCUT2D eigenvalue weighted by atomic mass is 10.0. The van der Waals surface area contributed by atoms with E-state index in [1.807, 2.05) is 0 Å². The monoisotopic (exact) mass is 292 g/mol. The van der Waals surface area contributed by atoms with E-state index in [4.69, 9.17) is 28.4 Å². The molecular weight excluding hydrogens is 272 g/mol. The highest BCUT2D eigenvalue weighted by molar-refractivity contribution is 5.67. The third kappa shape index (κ3) is 4.71. The van der Waals surface area contributed by atoms with Gasteiger partial charge in [-0.25, -0.2) is 0 Å². The zero-order chi connectivity index (χ0) is 15.1. The average Bonchev–Trinajstić information content (AvgIpc) is 2.37. The molecule has 8 nitrogen and oxygen atoms in total. The summed E-state index contributed by atoms with van der Waals surface area (Å²) in [4.78, 5) is 22.3. The number of esters is 2. The molecule has 1 heterocycles. The summed E-state index contributed by atoms with van der Waals surface area (Å²) in [6, 6.07) is 0. The van der Waals surface area contributed by atoms with Crippen LogP contribution in [0.2, 0.25) is 0 Å². The first-order valence-corrected chi connectivity index (χ1v) is 6.09. The van der Waals surface area contributed by atoms with Crippen LogP contribution in [-0.4, -0.2) is 64.2 Å². The molecule has 0 aromatic rings. The van der Waals surface area contributed by atoms with Crippen molar-refractivity contribution in [3.8, 4) is 0 Å². The van der Waals surface area contributed by atoms with Gasteiger partial charge in [-0.15, -0.1) is 0 Å². The Morgan fingerprint density at radius 1 is 1.10 bits per heavy atom. The van der Waals surface area contributed by atoms with Crippen LogP contribution in [-0.2, 0) is 38.0 Å². The minimum Gasteiger partial charge on any atom is -0.456 e. The van der Waals surface area contributed by atoms with Gasteiger partial charge in [0, 0.05) is 28.1 Å². The molecule has 0 radical (unpaired) electrons. The molecule has 1 rings (SSSR count). The summed E-state index contributed by atoms with van der Waals surface area (Å²) >= 11 is 0. The van der Waals surface area contributed by atoms with Gasteiger partial charge < -0.3 is 28.4 Å². The Hall–Kier alpha value is -1.22. The van der Waals surface area contributed by atoms with Crippen LogP contribution in [0.4, 0.5) is 0 Å². The van der Waals surface area contributed by atoms with Crippen molar-refractivity contribution < 1.29 is 38.0 Å². The number of hydrogen-bond donors (Lipinski definition) is 0. The maximum Gasteiger partial charge on any atom is 0.303 e. The molecule has 0 saturated carbocycles. The van der Waals surface area contributed by atoms with Crippen molar-refractivity contribution in [3.63, 3.8) is 0 Å². The van der Waals surface area contributed by atoms with E-state index in [0.717, 1.165) is 0 Å². The van der Waals surface area contributed by atoms with Crippen LogP contribution in [0.5, 0.6) is 0 Å². The lowest BCUT2D eigenvalue weighted by Crippen LogP contribution is -2.57. The standard InChI is InChI=1S/C12H20O8/c1-7(13)19-9-5-17-12(16-4)11(18-6-15-3)10(9)20-8(2)14/h9-12H,5-6H2,1-4H3/t9-,10+,11-,12-/m1/s1. The van der Waals surface area contributed by atoms with Crippen LogP contribution >= 0.6 is 0 Å². The first-order valence-electron chi connectivity index (χ1n) is 6.09. The fraction of sp³-hybridized carbons (Fsp3) is 0.833. The predicted molar refractivity (Wildman–Crippen MR) is 64.6 cm³/mol. The number of carbonyl (C=O) groups is 2. The highest BCUT2D eigenvalue weighted by Gasteiger charge is 2.45. The van der Waals surface area contributed by atoms with E-state index >= 15 is 0 Å². The van der Waals surface area contributed by atoms with Crippen LogP contribution in [0.15, 0.2) is 0 Å². The molecule has 0 unspecified atom stereocenters. The molecule has 0 aliphatic carbocycles. The van der Waals surface area contributed by atoms with Crippen LogP contribution in [0.25, 0.3) is 0 Å².